The maximum absolute atomic E-state index is 9.31. The lowest BCUT2D eigenvalue weighted by Crippen LogP contribution is -2.38. The lowest BCUT2D eigenvalue weighted by molar-refractivity contribution is 0.178. The van der Waals surface area contributed by atoms with Gasteiger partial charge in [-0.3, -0.25) is 4.90 Å². The van der Waals surface area contributed by atoms with Crippen molar-refractivity contribution in [1.82, 2.24) is 10.2 Å². The molecule has 3 nitrogen and oxygen atoms in total. The van der Waals surface area contributed by atoms with E-state index in [0.29, 0.717) is 6.04 Å². The second-order valence-corrected chi connectivity index (χ2v) is 6.13. The molecule has 1 atom stereocenters. The van der Waals surface area contributed by atoms with Gasteiger partial charge in [-0.05, 0) is 56.8 Å². The fourth-order valence-electron chi connectivity index (χ4n) is 3.28. The second kappa shape index (κ2) is 7.21. The summed E-state index contributed by atoms with van der Waals surface area (Å²) in [5.41, 5.74) is 5.48. The fourth-order valence-corrected chi connectivity index (χ4v) is 3.28. The van der Waals surface area contributed by atoms with Gasteiger partial charge >= 0.3 is 0 Å². The minimum absolute atomic E-state index is 0.233. The summed E-state index contributed by atoms with van der Waals surface area (Å²) in [6.45, 7) is 10.6. The van der Waals surface area contributed by atoms with Crippen LogP contribution in [0.4, 0.5) is 0 Å². The van der Waals surface area contributed by atoms with E-state index in [0.717, 1.165) is 26.2 Å². The molecule has 0 bridgehead atoms. The van der Waals surface area contributed by atoms with Crippen molar-refractivity contribution in [1.29, 1.82) is 0 Å². The third-order valence-electron chi connectivity index (χ3n) is 4.28. The van der Waals surface area contributed by atoms with Crippen LogP contribution >= 0.6 is 0 Å². The highest BCUT2D eigenvalue weighted by molar-refractivity contribution is 5.37. The molecule has 1 heterocycles. The molecule has 0 aliphatic carbocycles. The van der Waals surface area contributed by atoms with Gasteiger partial charge in [-0.25, -0.2) is 0 Å². The number of hydrogen-bond acceptors (Lipinski definition) is 3. The van der Waals surface area contributed by atoms with Gasteiger partial charge in [0, 0.05) is 25.7 Å². The van der Waals surface area contributed by atoms with Crippen LogP contribution in [-0.4, -0.2) is 42.3 Å². The Morgan fingerprint density at radius 2 is 1.95 bits per heavy atom. The lowest BCUT2D eigenvalue weighted by Gasteiger charge is -2.26. The summed E-state index contributed by atoms with van der Waals surface area (Å²) < 4.78 is 0. The number of aliphatic hydroxyl groups is 1. The first-order chi connectivity index (χ1) is 9.60. The normalized spacial score (nSPS) is 18.9. The van der Waals surface area contributed by atoms with Crippen LogP contribution in [0.2, 0.25) is 0 Å². The van der Waals surface area contributed by atoms with Crippen LogP contribution in [-0.2, 0) is 6.54 Å². The molecule has 112 valence electrons. The van der Waals surface area contributed by atoms with Gasteiger partial charge in [0.1, 0.15) is 0 Å². The lowest BCUT2D eigenvalue weighted by atomic mass is 9.99. The molecule has 20 heavy (non-hydrogen) atoms. The Bertz CT molecular complexity index is 416. The topological polar surface area (TPSA) is 35.5 Å². The second-order valence-electron chi connectivity index (χ2n) is 6.13. The Kier molecular flexibility index (Phi) is 5.58. The zero-order chi connectivity index (χ0) is 14.5. The van der Waals surface area contributed by atoms with Crippen LogP contribution in [0.25, 0.3) is 0 Å². The molecule has 3 heteroatoms. The zero-order valence-corrected chi connectivity index (χ0v) is 13.1. The van der Waals surface area contributed by atoms with E-state index in [2.05, 4.69) is 43.1 Å². The Hall–Kier alpha value is -0.900. The third kappa shape index (κ3) is 4.05. The average molecular weight is 276 g/mol. The van der Waals surface area contributed by atoms with Crippen molar-refractivity contribution >= 4 is 0 Å². The Morgan fingerprint density at radius 1 is 1.25 bits per heavy atom. The van der Waals surface area contributed by atoms with Crippen molar-refractivity contribution in [2.24, 2.45) is 0 Å². The highest BCUT2D eigenvalue weighted by Gasteiger charge is 2.18. The number of rotatable bonds is 6. The monoisotopic (exact) mass is 276 g/mol. The molecule has 0 spiro atoms. The molecule has 1 unspecified atom stereocenters. The van der Waals surface area contributed by atoms with E-state index in [-0.39, 0.29) is 6.61 Å². The van der Waals surface area contributed by atoms with Crippen molar-refractivity contribution < 1.29 is 5.11 Å². The summed E-state index contributed by atoms with van der Waals surface area (Å²) in [6, 6.07) is 5.10. The number of aliphatic hydroxyl groups excluding tert-OH is 1. The minimum atomic E-state index is 0.233. The molecule has 2 N–H and O–H groups in total. The van der Waals surface area contributed by atoms with Crippen LogP contribution in [0, 0.1) is 20.8 Å². The molecule has 1 saturated heterocycles. The summed E-state index contributed by atoms with van der Waals surface area (Å²) >= 11 is 0. The maximum atomic E-state index is 9.31. The summed E-state index contributed by atoms with van der Waals surface area (Å²) in [6.07, 6.45) is 2.54. The average Bonchev–Trinajstić information content (AvgIpc) is 2.86. The first-order valence-electron chi connectivity index (χ1n) is 7.73. The Labute approximate surface area is 123 Å². The van der Waals surface area contributed by atoms with Gasteiger partial charge in [-0.15, -0.1) is 0 Å². The number of hydrogen-bond donors (Lipinski definition) is 2. The first kappa shape index (κ1) is 15.5. The van der Waals surface area contributed by atoms with E-state index in [9.17, 15) is 5.11 Å². The molecule has 0 saturated carbocycles. The predicted octanol–water partition coefficient (Wildman–Crippen LogP) is 2.16. The predicted molar refractivity (Wildman–Crippen MR) is 84.0 cm³/mol. The quantitative estimate of drug-likeness (QED) is 0.836. The first-order valence-corrected chi connectivity index (χ1v) is 7.73. The molecule has 0 radical (unpaired) electrons. The van der Waals surface area contributed by atoms with E-state index in [1.54, 1.807) is 0 Å². The smallest absolute Gasteiger partial charge is 0.0558 e. The molecular weight excluding hydrogens is 248 g/mol. The van der Waals surface area contributed by atoms with Gasteiger partial charge in [0.2, 0.25) is 0 Å². The molecule has 1 aromatic rings. The van der Waals surface area contributed by atoms with Gasteiger partial charge in [0.25, 0.3) is 0 Å². The van der Waals surface area contributed by atoms with E-state index >= 15 is 0 Å². The highest BCUT2D eigenvalue weighted by atomic mass is 16.3. The van der Waals surface area contributed by atoms with Gasteiger partial charge in [-0.1, -0.05) is 17.7 Å². The van der Waals surface area contributed by atoms with Crippen molar-refractivity contribution in [2.45, 2.75) is 46.2 Å². The number of nitrogens with zero attached hydrogens (tertiary/aromatic N) is 1. The Morgan fingerprint density at radius 3 is 2.50 bits per heavy atom. The molecule has 0 aromatic heterocycles. The van der Waals surface area contributed by atoms with Crippen LogP contribution in [0.15, 0.2) is 12.1 Å². The van der Waals surface area contributed by atoms with Crippen molar-refractivity contribution in [3.63, 3.8) is 0 Å². The summed E-state index contributed by atoms with van der Waals surface area (Å²) in [5.74, 6) is 0. The molecule has 1 fully saturated rings. The van der Waals surface area contributed by atoms with Gasteiger partial charge in [-0.2, -0.15) is 0 Å². The fraction of sp³-hybridized carbons (Fsp3) is 0.647. The molecule has 0 amide bonds. The number of aryl methyl sites for hydroxylation is 3. The SMILES string of the molecule is Cc1cc(C)c(CN(CCO)CC2CCCN2)c(C)c1. The van der Waals surface area contributed by atoms with Crippen LogP contribution in [0.5, 0.6) is 0 Å². The van der Waals surface area contributed by atoms with Crippen LogP contribution < -0.4 is 5.32 Å². The van der Waals surface area contributed by atoms with Crippen molar-refractivity contribution in [3.8, 4) is 0 Å². The Balaban J connectivity index is 2.07. The van der Waals surface area contributed by atoms with Gasteiger partial charge < -0.3 is 10.4 Å². The molecule has 1 aromatic carbocycles. The van der Waals surface area contributed by atoms with Crippen LogP contribution in [0.1, 0.15) is 35.1 Å². The van der Waals surface area contributed by atoms with E-state index in [1.807, 2.05) is 0 Å². The standard InChI is InChI=1S/C17H28N2O/c1-13-9-14(2)17(15(3)10-13)12-19(7-8-20)11-16-5-4-6-18-16/h9-10,16,18,20H,4-8,11-12H2,1-3H3. The molecule has 2 rings (SSSR count). The van der Waals surface area contributed by atoms with E-state index in [1.165, 1.54) is 35.1 Å². The highest BCUT2D eigenvalue weighted by Crippen LogP contribution is 2.19. The number of nitrogens with one attached hydrogen (secondary N) is 1. The molecular formula is C17H28N2O. The summed E-state index contributed by atoms with van der Waals surface area (Å²) in [5, 5.41) is 12.9. The largest absolute Gasteiger partial charge is 0.395 e. The van der Waals surface area contributed by atoms with Crippen LogP contribution in [0.3, 0.4) is 0 Å². The summed E-state index contributed by atoms with van der Waals surface area (Å²) in [4.78, 5) is 2.38. The third-order valence-corrected chi connectivity index (χ3v) is 4.28. The van der Waals surface area contributed by atoms with E-state index < -0.39 is 0 Å². The summed E-state index contributed by atoms with van der Waals surface area (Å²) in [7, 11) is 0. The zero-order valence-electron chi connectivity index (χ0n) is 13.1. The van der Waals surface area contributed by atoms with Crippen molar-refractivity contribution in [2.75, 3.05) is 26.2 Å². The van der Waals surface area contributed by atoms with E-state index in [4.69, 9.17) is 0 Å². The van der Waals surface area contributed by atoms with Crippen molar-refractivity contribution in [3.05, 3.63) is 34.4 Å². The van der Waals surface area contributed by atoms with Gasteiger partial charge in [0.15, 0.2) is 0 Å². The van der Waals surface area contributed by atoms with Gasteiger partial charge in [0.05, 0.1) is 6.61 Å². The maximum Gasteiger partial charge on any atom is 0.0558 e. The number of benzene rings is 1. The molecule has 1 aliphatic rings. The minimum Gasteiger partial charge on any atom is -0.395 e. The molecule has 1 aliphatic heterocycles.